The molecule has 10 heteroatoms. The molecule has 32 heavy (non-hydrogen) atoms. The number of hydrogen-bond donors (Lipinski definition) is 1. The van der Waals surface area contributed by atoms with Crippen LogP contribution in [0.2, 0.25) is 0 Å². The molecule has 4 heterocycles. The normalized spacial score (nSPS) is 15.9. The Kier molecular flexibility index (Phi) is 7.12. The standard InChI is InChI=1S/C22H26N4O4S2/c1-4-29-21(28)19-13(2)18(14(3)23-19)16(27)12-32-22-25-24-20(17-8-6-10-31-17)26(22)11-15-7-5-9-30-15/h6,8,10,15,23H,4-5,7,9,11-12H2,1-3H3. The van der Waals surface area contributed by atoms with Crippen LogP contribution in [0.1, 0.15) is 51.9 Å². The van der Waals surface area contributed by atoms with Crippen LogP contribution in [-0.2, 0) is 16.0 Å². The molecule has 0 amide bonds. The van der Waals surface area contributed by atoms with Crippen molar-refractivity contribution in [1.29, 1.82) is 0 Å². The number of aromatic nitrogens is 4. The number of nitrogens with one attached hydrogen (secondary N) is 1. The summed E-state index contributed by atoms with van der Waals surface area (Å²) in [4.78, 5) is 29.3. The highest BCUT2D eigenvalue weighted by molar-refractivity contribution is 7.99. The smallest absolute Gasteiger partial charge is 0.355 e. The molecule has 0 aromatic carbocycles. The van der Waals surface area contributed by atoms with Gasteiger partial charge in [-0.1, -0.05) is 17.8 Å². The highest BCUT2D eigenvalue weighted by Gasteiger charge is 2.25. The first-order valence-electron chi connectivity index (χ1n) is 10.6. The minimum Gasteiger partial charge on any atom is -0.461 e. The van der Waals surface area contributed by atoms with Crippen LogP contribution in [0, 0.1) is 13.8 Å². The van der Waals surface area contributed by atoms with Crippen LogP contribution < -0.4 is 0 Å². The third kappa shape index (κ3) is 4.67. The average molecular weight is 475 g/mol. The quantitative estimate of drug-likeness (QED) is 0.281. The van der Waals surface area contributed by atoms with Gasteiger partial charge in [0.15, 0.2) is 16.8 Å². The van der Waals surface area contributed by atoms with Gasteiger partial charge in [0.2, 0.25) is 0 Å². The van der Waals surface area contributed by atoms with E-state index < -0.39 is 5.97 Å². The maximum Gasteiger partial charge on any atom is 0.355 e. The number of ketones is 1. The number of Topliss-reactive ketones (excluding diaryl/α,β-unsaturated/α-hetero) is 1. The molecule has 8 nitrogen and oxygen atoms in total. The number of aryl methyl sites for hydroxylation is 1. The molecule has 1 N–H and O–H groups in total. The van der Waals surface area contributed by atoms with E-state index >= 15 is 0 Å². The van der Waals surface area contributed by atoms with E-state index in [0.717, 1.165) is 30.2 Å². The van der Waals surface area contributed by atoms with Gasteiger partial charge in [-0.3, -0.25) is 9.36 Å². The van der Waals surface area contributed by atoms with Gasteiger partial charge in [-0.05, 0) is 50.6 Å². The molecule has 1 aliphatic heterocycles. The van der Waals surface area contributed by atoms with E-state index in [1.54, 1.807) is 32.1 Å². The van der Waals surface area contributed by atoms with Gasteiger partial charge >= 0.3 is 5.97 Å². The summed E-state index contributed by atoms with van der Waals surface area (Å²) in [5.74, 6) is 0.470. The van der Waals surface area contributed by atoms with Gasteiger partial charge in [-0.2, -0.15) is 0 Å². The molecule has 1 aliphatic rings. The zero-order valence-corrected chi connectivity index (χ0v) is 20.0. The van der Waals surface area contributed by atoms with Crippen LogP contribution in [0.3, 0.4) is 0 Å². The molecule has 0 saturated carbocycles. The predicted octanol–water partition coefficient (Wildman–Crippen LogP) is 4.28. The lowest BCUT2D eigenvalue weighted by molar-refractivity contribution is 0.0519. The number of thioether (sulfide) groups is 1. The van der Waals surface area contributed by atoms with Crippen molar-refractivity contribution in [2.24, 2.45) is 0 Å². The molecule has 3 aromatic rings. The van der Waals surface area contributed by atoms with E-state index in [2.05, 4.69) is 19.7 Å². The average Bonchev–Trinajstić information content (AvgIpc) is 3.55. The van der Waals surface area contributed by atoms with Gasteiger partial charge < -0.3 is 14.5 Å². The van der Waals surface area contributed by atoms with E-state index in [9.17, 15) is 9.59 Å². The first-order chi connectivity index (χ1) is 15.5. The minimum absolute atomic E-state index is 0.0684. The van der Waals surface area contributed by atoms with Crippen molar-refractivity contribution in [1.82, 2.24) is 19.7 Å². The third-order valence-corrected chi connectivity index (χ3v) is 7.23. The van der Waals surface area contributed by atoms with Crippen molar-refractivity contribution in [2.45, 2.75) is 51.4 Å². The second-order valence-electron chi connectivity index (χ2n) is 7.59. The second-order valence-corrected chi connectivity index (χ2v) is 9.48. The zero-order chi connectivity index (χ0) is 22.7. The van der Waals surface area contributed by atoms with Gasteiger partial charge in [0.1, 0.15) is 5.69 Å². The number of esters is 1. The number of ether oxygens (including phenoxy) is 2. The van der Waals surface area contributed by atoms with Crippen LogP contribution in [0.15, 0.2) is 22.7 Å². The van der Waals surface area contributed by atoms with Crippen molar-refractivity contribution in [3.8, 4) is 10.7 Å². The topological polar surface area (TPSA) is 99.1 Å². The fourth-order valence-electron chi connectivity index (χ4n) is 3.92. The number of rotatable bonds is 9. The van der Waals surface area contributed by atoms with Crippen molar-refractivity contribution in [3.63, 3.8) is 0 Å². The number of hydrogen-bond acceptors (Lipinski definition) is 8. The van der Waals surface area contributed by atoms with E-state index in [-0.39, 0.29) is 24.2 Å². The van der Waals surface area contributed by atoms with Crippen molar-refractivity contribution >= 4 is 34.9 Å². The van der Waals surface area contributed by atoms with Crippen LogP contribution in [-0.4, -0.2) is 56.6 Å². The summed E-state index contributed by atoms with van der Waals surface area (Å²) in [5.41, 5.74) is 2.14. The summed E-state index contributed by atoms with van der Waals surface area (Å²) in [7, 11) is 0. The Hall–Kier alpha value is -2.43. The largest absolute Gasteiger partial charge is 0.461 e. The van der Waals surface area contributed by atoms with Crippen LogP contribution >= 0.6 is 23.1 Å². The Morgan fingerprint density at radius 3 is 2.91 bits per heavy atom. The van der Waals surface area contributed by atoms with Gasteiger partial charge in [0.25, 0.3) is 0 Å². The van der Waals surface area contributed by atoms with Crippen LogP contribution in [0.4, 0.5) is 0 Å². The summed E-state index contributed by atoms with van der Waals surface area (Å²) < 4.78 is 13.0. The Labute approximate surface area is 194 Å². The number of H-pyrrole nitrogens is 1. The van der Waals surface area contributed by atoms with Gasteiger partial charge in [-0.25, -0.2) is 4.79 Å². The molecule has 3 aromatic heterocycles. The van der Waals surface area contributed by atoms with Crippen molar-refractivity contribution in [2.75, 3.05) is 19.0 Å². The molecule has 0 radical (unpaired) electrons. The zero-order valence-electron chi connectivity index (χ0n) is 18.3. The molecule has 170 valence electrons. The molecule has 4 rings (SSSR count). The first kappa shape index (κ1) is 22.8. The molecule has 1 saturated heterocycles. The van der Waals surface area contributed by atoms with E-state index in [0.29, 0.717) is 34.2 Å². The monoisotopic (exact) mass is 474 g/mol. The molecular formula is C22H26N4O4S2. The minimum atomic E-state index is -0.448. The summed E-state index contributed by atoms with van der Waals surface area (Å²) in [5, 5.41) is 11.5. The predicted molar refractivity (Wildman–Crippen MR) is 124 cm³/mol. The molecule has 1 fully saturated rings. The second kappa shape index (κ2) is 10.0. The number of carbonyl (C=O) groups is 2. The molecule has 1 atom stereocenters. The fourth-order valence-corrected chi connectivity index (χ4v) is 5.46. The maximum absolute atomic E-state index is 13.1. The summed E-state index contributed by atoms with van der Waals surface area (Å²) in [6, 6.07) is 4.00. The lowest BCUT2D eigenvalue weighted by atomic mass is 10.1. The Bertz CT molecular complexity index is 1100. The summed E-state index contributed by atoms with van der Waals surface area (Å²) in [6.07, 6.45) is 2.18. The fraction of sp³-hybridized carbons (Fsp3) is 0.455. The highest BCUT2D eigenvalue weighted by Crippen LogP contribution is 2.30. The Morgan fingerprint density at radius 2 is 2.22 bits per heavy atom. The number of carbonyl (C=O) groups excluding carboxylic acids is 2. The van der Waals surface area contributed by atoms with E-state index in [1.165, 1.54) is 11.8 Å². The van der Waals surface area contributed by atoms with Crippen LogP contribution in [0.5, 0.6) is 0 Å². The van der Waals surface area contributed by atoms with Crippen molar-refractivity contribution < 1.29 is 19.1 Å². The number of nitrogens with zero attached hydrogens (tertiary/aromatic N) is 3. The summed E-state index contributed by atoms with van der Waals surface area (Å²) in [6.45, 7) is 7.03. The number of aromatic amines is 1. The molecular weight excluding hydrogens is 448 g/mol. The van der Waals surface area contributed by atoms with E-state index in [4.69, 9.17) is 9.47 Å². The van der Waals surface area contributed by atoms with Crippen LogP contribution in [0.25, 0.3) is 10.7 Å². The van der Waals surface area contributed by atoms with Crippen molar-refractivity contribution in [3.05, 3.63) is 40.0 Å². The Morgan fingerprint density at radius 1 is 1.38 bits per heavy atom. The molecule has 0 spiro atoms. The first-order valence-corrected chi connectivity index (χ1v) is 12.5. The molecule has 1 unspecified atom stereocenters. The van der Waals surface area contributed by atoms with Gasteiger partial charge in [-0.15, -0.1) is 21.5 Å². The lowest BCUT2D eigenvalue weighted by Crippen LogP contribution is -2.17. The lowest BCUT2D eigenvalue weighted by Gasteiger charge is -2.14. The van der Waals surface area contributed by atoms with E-state index in [1.807, 2.05) is 17.5 Å². The highest BCUT2D eigenvalue weighted by atomic mass is 32.2. The van der Waals surface area contributed by atoms with Gasteiger partial charge in [0, 0.05) is 17.9 Å². The molecule has 0 aliphatic carbocycles. The van der Waals surface area contributed by atoms with Gasteiger partial charge in [0.05, 0.1) is 29.9 Å². The summed E-state index contributed by atoms with van der Waals surface area (Å²) >= 11 is 2.96. The third-order valence-electron chi connectivity index (χ3n) is 5.40. The Balaban J connectivity index is 1.54. The number of thiophene rings is 1. The maximum atomic E-state index is 13.1. The SMILES string of the molecule is CCOC(=O)c1[nH]c(C)c(C(=O)CSc2nnc(-c3cccs3)n2CC2CCCO2)c1C. The molecule has 0 bridgehead atoms.